The Balaban J connectivity index is 2.03. The zero-order chi connectivity index (χ0) is 15.5. The fourth-order valence-electron chi connectivity index (χ4n) is 2.55. The first-order chi connectivity index (χ1) is 10.7. The van der Waals surface area contributed by atoms with Gasteiger partial charge in [0.15, 0.2) is 0 Å². The number of para-hydroxylation sites is 1. The van der Waals surface area contributed by atoms with Gasteiger partial charge in [0.25, 0.3) is 0 Å². The van der Waals surface area contributed by atoms with Gasteiger partial charge >= 0.3 is 5.97 Å². The van der Waals surface area contributed by atoms with Gasteiger partial charge in [-0.2, -0.15) is 5.26 Å². The standard InChI is InChI=1S/C18H14N2O2/c1-22-18(21)16-4-2-3-15-9-10-20(17(15)16)12-14-7-5-13(11-19)6-8-14/h2-10H,12H2,1H3. The number of carbonyl (C=O) groups excluding carboxylic acids is 1. The third kappa shape index (κ3) is 2.45. The molecular weight excluding hydrogens is 276 g/mol. The molecule has 0 amide bonds. The molecule has 0 radical (unpaired) electrons. The molecule has 3 rings (SSSR count). The molecule has 22 heavy (non-hydrogen) atoms. The Morgan fingerprint density at radius 3 is 2.64 bits per heavy atom. The fourth-order valence-corrected chi connectivity index (χ4v) is 2.55. The van der Waals surface area contributed by atoms with Crippen molar-refractivity contribution < 1.29 is 9.53 Å². The quantitative estimate of drug-likeness (QED) is 0.695. The molecule has 0 spiro atoms. The molecule has 3 aromatic rings. The minimum Gasteiger partial charge on any atom is -0.465 e. The van der Waals surface area contributed by atoms with Crippen molar-refractivity contribution in [2.75, 3.05) is 7.11 Å². The highest BCUT2D eigenvalue weighted by Crippen LogP contribution is 2.22. The number of methoxy groups -OCH3 is 1. The van der Waals surface area contributed by atoms with Crippen LogP contribution in [0.25, 0.3) is 10.9 Å². The maximum atomic E-state index is 11.9. The van der Waals surface area contributed by atoms with E-state index in [2.05, 4.69) is 6.07 Å². The number of nitriles is 1. The second-order valence-corrected chi connectivity index (χ2v) is 4.99. The van der Waals surface area contributed by atoms with Gasteiger partial charge in [-0.3, -0.25) is 0 Å². The molecule has 1 aromatic heterocycles. The summed E-state index contributed by atoms with van der Waals surface area (Å²) in [6.45, 7) is 0.628. The number of rotatable bonds is 3. The van der Waals surface area contributed by atoms with Crippen LogP contribution in [0.4, 0.5) is 0 Å². The van der Waals surface area contributed by atoms with Crippen molar-refractivity contribution in [3.8, 4) is 6.07 Å². The number of aromatic nitrogens is 1. The summed E-state index contributed by atoms with van der Waals surface area (Å²) < 4.78 is 6.88. The smallest absolute Gasteiger partial charge is 0.340 e. The molecule has 4 nitrogen and oxygen atoms in total. The SMILES string of the molecule is COC(=O)c1cccc2ccn(Cc3ccc(C#N)cc3)c12. The van der Waals surface area contributed by atoms with E-state index >= 15 is 0 Å². The lowest BCUT2D eigenvalue weighted by molar-refractivity contribution is 0.0602. The number of esters is 1. The summed E-state index contributed by atoms with van der Waals surface area (Å²) in [5, 5.41) is 9.84. The van der Waals surface area contributed by atoms with Crippen molar-refractivity contribution in [2.24, 2.45) is 0 Å². The Kier molecular flexibility index (Phi) is 3.63. The van der Waals surface area contributed by atoms with Crippen LogP contribution in [0.2, 0.25) is 0 Å². The highest BCUT2D eigenvalue weighted by Gasteiger charge is 2.13. The summed E-state index contributed by atoms with van der Waals surface area (Å²) in [6.07, 6.45) is 1.95. The average molecular weight is 290 g/mol. The largest absolute Gasteiger partial charge is 0.465 e. The third-order valence-corrected chi connectivity index (χ3v) is 3.63. The lowest BCUT2D eigenvalue weighted by Crippen LogP contribution is -2.06. The van der Waals surface area contributed by atoms with Gasteiger partial charge in [-0.25, -0.2) is 4.79 Å². The molecule has 0 N–H and O–H groups in total. The first-order valence-corrected chi connectivity index (χ1v) is 6.88. The van der Waals surface area contributed by atoms with Crippen LogP contribution in [0.3, 0.4) is 0 Å². The van der Waals surface area contributed by atoms with Crippen LogP contribution in [0.1, 0.15) is 21.5 Å². The lowest BCUT2D eigenvalue weighted by atomic mass is 10.1. The van der Waals surface area contributed by atoms with E-state index in [0.717, 1.165) is 16.5 Å². The molecule has 0 aliphatic carbocycles. The Bertz CT molecular complexity index is 870. The number of carbonyl (C=O) groups is 1. The predicted octanol–water partition coefficient (Wildman–Crippen LogP) is 3.35. The summed E-state index contributed by atoms with van der Waals surface area (Å²) in [5.41, 5.74) is 3.12. The normalized spacial score (nSPS) is 10.4. The van der Waals surface area contributed by atoms with Crippen molar-refractivity contribution in [2.45, 2.75) is 6.54 Å². The highest BCUT2D eigenvalue weighted by atomic mass is 16.5. The van der Waals surface area contributed by atoms with Crippen LogP contribution in [0, 0.1) is 11.3 Å². The number of benzene rings is 2. The molecule has 0 fully saturated rings. The van der Waals surface area contributed by atoms with Gasteiger partial charge in [0.1, 0.15) is 0 Å². The summed E-state index contributed by atoms with van der Waals surface area (Å²) in [5.74, 6) is -0.342. The van der Waals surface area contributed by atoms with Crippen LogP contribution < -0.4 is 0 Å². The van der Waals surface area contributed by atoms with Crippen molar-refractivity contribution in [3.05, 3.63) is 71.4 Å². The predicted molar refractivity (Wildman–Crippen MR) is 83.5 cm³/mol. The Labute approximate surface area is 128 Å². The van der Waals surface area contributed by atoms with Crippen molar-refractivity contribution >= 4 is 16.9 Å². The maximum absolute atomic E-state index is 11.9. The van der Waals surface area contributed by atoms with Gasteiger partial charge in [-0.1, -0.05) is 24.3 Å². The molecular formula is C18H14N2O2. The zero-order valence-electron chi connectivity index (χ0n) is 12.1. The van der Waals surface area contributed by atoms with Crippen molar-refractivity contribution in [1.29, 1.82) is 5.26 Å². The van der Waals surface area contributed by atoms with Gasteiger partial charge in [-0.05, 0) is 29.8 Å². The number of nitrogens with zero attached hydrogens (tertiary/aromatic N) is 2. The van der Waals surface area contributed by atoms with Crippen LogP contribution in [-0.2, 0) is 11.3 Å². The van der Waals surface area contributed by atoms with E-state index in [4.69, 9.17) is 10.00 Å². The molecule has 0 unspecified atom stereocenters. The molecule has 0 aliphatic rings. The van der Waals surface area contributed by atoms with E-state index in [1.807, 2.05) is 41.1 Å². The minimum absolute atomic E-state index is 0.342. The summed E-state index contributed by atoms with van der Waals surface area (Å²) in [7, 11) is 1.38. The lowest BCUT2D eigenvalue weighted by Gasteiger charge is -2.09. The molecule has 108 valence electrons. The molecule has 0 aliphatic heterocycles. The fraction of sp³-hybridized carbons (Fsp3) is 0.111. The van der Waals surface area contributed by atoms with Crippen molar-refractivity contribution in [3.63, 3.8) is 0 Å². The van der Waals surface area contributed by atoms with E-state index in [0.29, 0.717) is 17.7 Å². The van der Waals surface area contributed by atoms with Gasteiger partial charge in [-0.15, -0.1) is 0 Å². The summed E-state index contributed by atoms with van der Waals surface area (Å²) in [4.78, 5) is 11.9. The monoisotopic (exact) mass is 290 g/mol. The second-order valence-electron chi connectivity index (χ2n) is 4.99. The zero-order valence-corrected chi connectivity index (χ0v) is 12.1. The van der Waals surface area contributed by atoms with Crippen LogP contribution >= 0.6 is 0 Å². The summed E-state index contributed by atoms with van der Waals surface area (Å²) >= 11 is 0. The molecule has 2 aromatic carbocycles. The Morgan fingerprint density at radius 1 is 1.18 bits per heavy atom. The minimum atomic E-state index is -0.342. The van der Waals surface area contributed by atoms with E-state index in [-0.39, 0.29) is 5.97 Å². The van der Waals surface area contributed by atoms with E-state index < -0.39 is 0 Å². The van der Waals surface area contributed by atoms with E-state index in [1.165, 1.54) is 7.11 Å². The Hall–Kier alpha value is -3.06. The number of hydrogen-bond donors (Lipinski definition) is 0. The van der Waals surface area contributed by atoms with Gasteiger partial charge in [0, 0.05) is 18.1 Å². The number of ether oxygens (including phenoxy) is 1. The van der Waals surface area contributed by atoms with E-state index in [9.17, 15) is 4.79 Å². The van der Waals surface area contributed by atoms with Crippen molar-refractivity contribution in [1.82, 2.24) is 4.57 Å². The van der Waals surface area contributed by atoms with Gasteiger partial charge < -0.3 is 9.30 Å². The van der Waals surface area contributed by atoms with Crippen LogP contribution in [0.5, 0.6) is 0 Å². The van der Waals surface area contributed by atoms with Crippen LogP contribution in [-0.4, -0.2) is 17.6 Å². The number of fused-ring (bicyclic) bond motifs is 1. The Morgan fingerprint density at radius 2 is 1.95 bits per heavy atom. The highest BCUT2D eigenvalue weighted by molar-refractivity contribution is 6.03. The van der Waals surface area contributed by atoms with Crippen LogP contribution in [0.15, 0.2) is 54.7 Å². The van der Waals surface area contributed by atoms with E-state index in [1.54, 1.807) is 18.2 Å². The molecule has 1 heterocycles. The maximum Gasteiger partial charge on any atom is 0.340 e. The summed E-state index contributed by atoms with van der Waals surface area (Å²) in [6, 6.07) is 17.1. The first-order valence-electron chi connectivity index (χ1n) is 6.88. The van der Waals surface area contributed by atoms with Gasteiger partial charge in [0.05, 0.1) is 29.8 Å². The molecule has 0 bridgehead atoms. The van der Waals surface area contributed by atoms with Gasteiger partial charge in [0.2, 0.25) is 0 Å². The average Bonchev–Trinajstić information content (AvgIpc) is 2.98. The number of hydrogen-bond acceptors (Lipinski definition) is 3. The third-order valence-electron chi connectivity index (χ3n) is 3.63. The topological polar surface area (TPSA) is 55.0 Å². The molecule has 0 saturated carbocycles. The molecule has 0 atom stereocenters. The second kappa shape index (κ2) is 5.74. The molecule has 4 heteroatoms. The molecule has 0 saturated heterocycles. The first kappa shape index (κ1) is 13.9.